The third-order valence-corrected chi connectivity index (χ3v) is 28.0. The lowest BCUT2D eigenvalue weighted by Crippen LogP contribution is -2.14. The predicted octanol–water partition coefficient (Wildman–Crippen LogP) is 32.6. The van der Waals surface area contributed by atoms with E-state index in [4.69, 9.17) is 39.9 Å². The number of rotatable bonds is 16. The Hall–Kier alpha value is -17.9. The van der Waals surface area contributed by atoms with E-state index in [0.29, 0.717) is 40.8 Å². The number of nitrogens with zero attached hydrogens (tertiary/aromatic N) is 10. The van der Waals surface area contributed by atoms with Gasteiger partial charge in [-0.15, -0.1) is 0 Å². The molecule has 0 bridgehead atoms. The summed E-state index contributed by atoms with van der Waals surface area (Å²) in [4.78, 5) is 50.2. The molecule has 0 radical (unpaired) electrons. The first-order valence-corrected chi connectivity index (χ1v) is 48.0. The Morgan fingerprint density at radius 1 is 0.142 bits per heavy atom. The smallest absolute Gasteiger partial charge is 0.164 e. The van der Waals surface area contributed by atoms with Gasteiger partial charge in [0.1, 0.15) is 0 Å². The van der Waals surface area contributed by atoms with Crippen molar-refractivity contribution in [1.82, 2.24) is 49.8 Å². The summed E-state index contributed by atoms with van der Waals surface area (Å²) in [6.07, 6.45) is 7.32. The van der Waals surface area contributed by atoms with Crippen molar-refractivity contribution < 1.29 is 0 Å². The van der Waals surface area contributed by atoms with E-state index in [-0.39, 0.29) is 16.2 Å². The van der Waals surface area contributed by atoms with Gasteiger partial charge < -0.3 is 0 Å². The van der Waals surface area contributed by atoms with Crippen LogP contribution in [0.3, 0.4) is 0 Å². The monoisotopic (exact) mass is 1810 g/mol. The minimum absolute atomic E-state index is 0.0653. The molecule has 0 spiro atoms. The van der Waals surface area contributed by atoms with Gasteiger partial charge in [-0.05, 0) is 188 Å². The molecule has 3 aliphatic carbocycles. The third-order valence-electron chi connectivity index (χ3n) is 28.0. The number of hydrogen-bond acceptors (Lipinski definition) is 10. The van der Waals surface area contributed by atoms with Crippen molar-refractivity contribution in [2.24, 2.45) is 0 Å². The molecule has 0 aliphatic heterocycles. The predicted molar refractivity (Wildman–Crippen MR) is 577 cm³/mol. The Labute approximate surface area is 822 Å². The zero-order chi connectivity index (χ0) is 95.1. The lowest BCUT2D eigenvalue weighted by molar-refractivity contribution is 0.660. The van der Waals surface area contributed by atoms with Gasteiger partial charge in [-0.1, -0.05) is 436 Å². The van der Waals surface area contributed by atoms with Crippen LogP contribution in [0.15, 0.2) is 474 Å². The van der Waals surface area contributed by atoms with E-state index in [1.54, 1.807) is 12.4 Å². The van der Waals surface area contributed by atoms with E-state index in [2.05, 4.69) is 446 Å². The Morgan fingerprint density at radius 3 is 0.780 bits per heavy atom. The topological polar surface area (TPSA) is 129 Å². The van der Waals surface area contributed by atoms with Crippen molar-refractivity contribution in [1.29, 1.82) is 0 Å². The molecular formula is C131H96N10. The fourth-order valence-electron chi connectivity index (χ4n) is 20.9. The summed E-state index contributed by atoms with van der Waals surface area (Å²) in [5, 5.41) is 0. The van der Waals surface area contributed by atoms with E-state index >= 15 is 0 Å². The van der Waals surface area contributed by atoms with Crippen LogP contribution in [0.5, 0.6) is 0 Å². The van der Waals surface area contributed by atoms with Crippen LogP contribution >= 0.6 is 0 Å². The maximum Gasteiger partial charge on any atom is 0.164 e. The maximum absolute atomic E-state index is 5.34. The van der Waals surface area contributed by atoms with Gasteiger partial charge in [-0.3, -0.25) is 9.97 Å². The van der Waals surface area contributed by atoms with Crippen molar-refractivity contribution in [2.75, 3.05) is 0 Å². The molecule has 670 valence electrons. The van der Waals surface area contributed by atoms with Crippen LogP contribution in [-0.2, 0) is 16.2 Å². The van der Waals surface area contributed by atoms with Gasteiger partial charge in [-0.25, -0.2) is 39.9 Å². The van der Waals surface area contributed by atoms with Crippen molar-refractivity contribution in [3.8, 4) is 213 Å². The second-order valence-electron chi connectivity index (χ2n) is 37.7. The molecule has 5 heterocycles. The minimum atomic E-state index is -0.128. The normalized spacial score (nSPS) is 12.8. The molecule has 0 amide bonds. The molecule has 17 aromatic carbocycles. The van der Waals surface area contributed by atoms with Gasteiger partial charge in [0.2, 0.25) is 0 Å². The van der Waals surface area contributed by atoms with Crippen LogP contribution in [0.4, 0.5) is 0 Å². The van der Waals surface area contributed by atoms with Gasteiger partial charge in [-0.2, -0.15) is 0 Å². The average Bonchev–Trinajstić information content (AvgIpc) is 1.58. The first kappa shape index (κ1) is 87.2. The largest absolute Gasteiger partial charge is 0.264 e. The number of hydrogen-bond donors (Lipinski definition) is 0. The highest BCUT2D eigenvalue weighted by molar-refractivity contribution is 5.97. The second kappa shape index (κ2) is 37.0. The fourth-order valence-corrected chi connectivity index (χ4v) is 20.9. The molecule has 10 heteroatoms. The third kappa shape index (κ3) is 16.7. The summed E-state index contributed by atoms with van der Waals surface area (Å²) < 4.78 is 0. The van der Waals surface area contributed by atoms with E-state index < -0.39 is 0 Å². The van der Waals surface area contributed by atoms with Crippen molar-refractivity contribution in [3.05, 3.63) is 507 Å². The van der Waals surface area contributed by atoms with Crippen molar-refractivity contribution in [2.45, 2.75) is 57.8 Å². The number of fused-ring (bicyclic) bond motifs is 9. The van der Waals surface area contributed by atoms with Gasteiger partial charge in [0.05, 0.1) is 11.4 Å². The Kier molecular flexibility index (Phi) is 22.9. The molecule has 141 heavy (non-hydrogen) atoms. The first-order valence-electron chi connectivity index (χ1n) is 48.0. The molecule has 10 nitrogen and oxygen atoms in total. The van der Waals surface area contributed by atoms with E-state index in [1.165, 1.54) is 72.3 Å². The summed E-state index contributed by atoms with van der Waals surface area (Å²) >= 11 is 0. The van der Waals surface area contributed by atoms with Crippen LogP contribution in [0.1, 0.15) is 74.9 Å². The summed E-state index contributed by atoms with van der Waals surface area (Å²) in [5.41, 5.74) is 41.5. The standard InChI is InChI=1S/C49H36N2.C42H31N3.C40H29N5/c1-49(2)43-29-14-13-27-42(43)47-39(28-16-30-44(47)49)35-21-15-22-36(31-35)48-50-45(40-25-11-9-23-37(40)33-17-5-3-6-18-33)32-46(51-48)41-26-12-10-24-38(41)34-19-7-4-8-20-34;1-42(2)36-23-13-12-21-34(36)38-35(22-14-24-37(38)42)41-44-39(30-19-10-5-11-20-30)43-40(45-41)33-26-31(28-15-6-3-7-16-28)25-32(27-33)29-17-8-4-9-18-29;1-40(2)34-18-4-3-16-32(34)36-33(17-7-19-35(36)40)39-44-37(28-12-5-10-26(22-28)30-14-8-20-41-24-30)43-38(45-39)29-13-6-11-27(23-29)31-15-9-21-42-25-31/h3-32H,1-2H3;3-27H,1-2H3;3-25H,1-2H3. The van der Waals surface area contributed by atoms with Crippen molar-refractivity contribution >= 4 is 0 Å². The molecule has 0 saturated heterocycles. The van der Waals surface area contributed by atoms with Gasteiger partial charge in [0, 0.05) is 102 Å². The van der Waals surface area contributed by atoms with Gasteiger partial charge in [0.15, 0.2) is 40.8 Å². The summed E-state index contributed by atoms with van der Waals surface area (Å²) in [6.45, 7) is 13.9. The molecule has 0 saturated carbocycles. The van der Waals surface area contributed by atoms with Crippen LogP contribution in [0, 0.1) is 0 Å². The quantitative estimate of drug-likeness (QED) is 0.0922. The average molecular weight is 1810 g/mol. The lowest BCUT2D eigenvalue weighted by atomic mass is 9.82. The maximum atomic E-state index is 5.34. The molecular weight excluding hydrogens is 1710 g/mol. The number of benzene rings is 17. The first-order chi connectivity index (χ1) is 69.2. The highest BCUT2D eigenvalue weighted by atomic mass is 15.0. The molecule has 3 aliphatic rings. The molecule has 0 fully saturated rings. The van der Waals surface area contributed by atoms with Crippen LogP contribution in [0.25, 0.3) is 213 Å². The van der Waals surface area contributed by atoms with Crippen LogP contribution < -0.4 is 0 Å². The highest BCUT2D eigenvalue weighted by Crippen LogP contribution is 2.56. The molecule has 25 rings (SSSR count). The number of aromatic nitrogens is 10. The van der Waals surface area contributed by atoms with Gasteiger partial charge >= 0.3 is 0 Å². The van der Waals surface area contributed by atoms with Crippen LogP contribution in [0.2, 0.25) is 0 Å². The van der Waals surface area contributed by atoms with E-state index in [0.717, 1.165) is 134 Å². The summed E-state index contributed by atoms with van der Waals surface area (Å²) in [7, 11) is 0. The zero-order valence-electron chi connectivity index (χ0n) is 79.0. The Morgan fingerprint density at radius 2 is 0.390 bits per heavy atom. The molecule has 22 aromatic rings. The fraction of sp³-hybridized carbons (Fsp3) is 0.0687. The lowest BCUT2D eigenvalue weighted by Gasteiger charge is -2.21. The Bertz CT molecular complexity index is 8110. The molecule has 5 aromatic heterocycles. The SMILES string of the molecule is CC1(C)c2ccccc2-c2c(-c3cccc(-c4nc(-c5ccccc5-c5ccccc5)cc(-c5ccccc5-c5ccccc5)n4)c3)cccc21.CC1(C)c2ccccc2-c2c(-c3nc(-c4cccc(-c5cccnc5)c4)nc(-c4cccc(-c5cccnc5)c4)n3)cccc21.CC1(C)c2ccccc2-c2c(-c3nc(-c4ccccc4)nc(-c4cc(-c5ccccc5)cc(-c5ccccc5)c4)n3)cccc21. The number of pyridine rings is 2. The van der Waals surface area contributed by atoms with E-state index in [1.807, 2.05) is 67.0 Å². The second-order valence-corrected chi connectivity index (χ2v) is 37.7. The molecule has 0 unspecified atom stereocenters. The summed E-state index contributed by atoms with van der Waals surface area (Å²) in [5.74, 6) is 4.57. The van der Waals surface area contributed by atoms with Crippen LogP contribution in [-0.4, -0.2) is 49.8 Å². The molecule has 0 N–H and O–H groups in total. The minimum Gasteiger partial charge on any atom is -0.264 e. The van der Waals surface area contributed by atoms with Crippen molar-refractivity contribution in [3.63, 3.8) is 0 Å². The molecule has 0 atom stereocenters. The highest BCUT2D eigenvalue weighted by Gasteiger charge is 2.41. The Balaban J connectivity index is 0.000000118. The van der Waals surface area contributed by atoms with E-state index in [9.17, 15) is 0 Å². The zero-order valence-corrected chi connectivity index (χ0v) is 79.0. The van der Waals surface area contributed by atoms with Gasteiger partial charge in [0.25, 0.3) is 0 Å². The summed E-state index contributed by atoms with van der Waals surface area (Å²) in [6, 6.07) is 158.